The number of nitrogens with zero attached hydrogens (tertiary/aromatic N) is 3. The molecule has 2 aliphatic rings. The van der Waals surface area contributed by atoms with Gasteiger partial charge in [0.1, 0.15) is 5.02 Å². The molecule has 1 aromatic heterocycles. The summed E-state index contributed by atoms with van der Waals surface area (Å²) in [4.78, 5) is 11.3. The summed E-state index contributed by atoms with van der Waals surface area (Å²) in [6, 6.07) is 0.624. The fourth-order valence-electron chi connectivity index (χ4n) is 3.69. The van der Waals surface area contributed by atoms with E-state index in [-0.39, 0.29) is 0 Å². The Labute approximate surface area is 125 Å². The Kier molecular flexibility index (Phi) is 4.29. The van der Waals surface area contributed by atoms with Gasteiger partial charge in [-0.3, -0.25) is 0 Å². The molecule has 110 valence electrons. The first-order valence-corrected chi connectivity index (χ1v) is 8.20. The third-order valence-corrected chi connectivity index (χ3v) is 4.84. The molecule has 4 nitrogen and oxygen atoms in total. The smallest absolute Gasteiger partial charge is 0.224 e. The van der Waals surface area contributed by atoms with Crippen molar-refractivity contribution in [3.8, 4) is 0 Å². The Morgan fingerprint density at radius 2 is 2.10 bits per heavy atom. The lowest BCUT2D eigenvalue weighted by atomic mass is 9.78. The SMILES string of the molecule is CCNc1ncc(Cl)c(N2CCC[C@H]3CCCC[C@H]32)n1. The van der Waals surface area contributed by atoms with E-state index in [4.69, 9.17) is 11.6 Å². The van der Waals surface area contributed by atoms with Crippen molar-refractivity contribution in [2.75, 3.05) is 23.3 Å². The molecule has 0 amide bonds. The maximum atomic E-state index is 6.37. The number of nitrogens with one attached hydrogen (secondary N) is 1. The van der Waals surface area contributed by atoms with Gasteiger partial charge in [0.15, 0.2) is 5.82 Å². The summed E-state index contributed by atoms with van der Waals surface area (Å²) >= 11 is 6.37. The van der Waals surface area contributed by atoms with Crippen LogP contribution < -0.4 is 10.2 Å². The van der Waals surface area contributed by atoms with E-state index in [2.05, 4.69) is 27.1 Å². The van der Waals surface area contributed by atoms with Crippen LogP contribution in [0.25, 0.3) is 0 Å². The predicted octanol–water partition coefficient (Wildman–Crippen LogP) is 3.72. The van der Waals surface area contributed by atoms with E-state index < -0.39 is 0 Å². The summed E-state index contributed by atoms with van der Waals surface area (Å²) in [5.41, 5.74) is 0. The number of rotatable bonds is 3. The van der Waals surface area contributed by atoms with Crippen LogP contribution in [0.5, 0.6) is 0 Å². The van der Waals surface area contributed by atoms with Crippen LogP contribution in [0.15, 0.2) is 6.20 Å². The van der Waals surface area contributed by atoms with Gasteiger partial charge in [-0.05, 0) is 38.5 Å². The summed E-state index contributed by atoms with van der Waals surface area (Å²) in [6.45, 7) is 3.95. The van der Waals surface area contributed by atoms with Crippen molar-refractivity contribution in [2.24, 2.45) is 5.92 Å². The van der Waals surface area contributed by atoms with Crippen LogP contribution in [0.1, 0.15) is 45.4 Å². The van der Waals surface area contributed by atoms with E-state index in [9.17, 15) is 0 Å². The molecule has 0 aromatic carbocycles. The minimum absolute atomic E-state index is 0.624. The monoisotopic (exact) mass is 294 g/mol. The first-order valence-electron chi connectivity index (χ1n) is 7.82. The van der Waals surface area contributed by atoms with E-state index in [0.29, 0.717) is 17.0 Å². The Balaban J connectivity index is 1.88. The highest BCUT2D eigenvalue weighted by molar-refractivity contribution is 6.32. The van der Waals surface area contributed by atoms with Crippen molar-refractivity contribution in [2.45, 2.75) is 51.5 Å². The second-order valence-electron chi connectivity index (χ2n) is 5.84. The van der Waals surface area contributed by atoms with Crippen molar-refractivity contribution < 1.29 is 0 Å². The lowest BCUT2D eigenvalue weighted by Gasteiger charge is -2.45. The highest BCUT2D eigenvalue weighted by Gasteiger charge is 2.34. The molecule has 0 radical (unpaired) electrons. The van der Waals surface area contributed by atoms with Crippen LogP contribution in [-0.2, 0) is 0 Å². The average Bonchev–Trinajstić information content (AvgIpc) is 2.49. The zero-order chi connectivity index (χ0) is 13.9. The second kappa shape index (κ2) is 6.17. The van der Waals surface area contributed by atoms with Crippen molar-refractivity contribution in [1.82, 2.24) is 9.97 Å². The van der Waals surface area contributed by atoms with Crippen LogP contribution in [0.3, 0.4) is 0 Å². The van der Waals surface area contributed by atoms with Gasteiger partial charge < -0.3 is 10.2 Å². The van der Waals surface area contributed by atoms with Gasteiger partial charge in [0.05, 0.1) is 6.20 Å². The fourth-order valence-corrected chi connectivity index (χ4v) is 3.89. The molecule has 0 spiro atoms. The molecule has 1 aliphatic heterocycles. The normalized spacial score (nSPS) is 26.2. The van der Waals surface area contributed by atoms with Crippen molar-refractivity contribution >= 4 is 23.4 Å². The second-order valence-corrected chi connectivity index (χ2v) is 6.25. The van der Waals surface area contributed by atoms with Crippen LogP contribution in [0.2, 0.25) is 5.02 Å². The molecule has 0 bridgehead atoms. The number of hydrogen-bond donors (Lipinski definition) is 1. The number of halogens is 1. The number of aromatic nitrogens is 2. The summed E-state index contributed by atoms with van der Waals surface area (Å²) in [5.74, 6) is 2.44. The van der Waals surface area contributed by atoms with Gasteiger partial charge in [0, 0.05) is 19.1 Å². The average molecular weight is 295 g/mol. The number of fused-ring (bicyclic) bond motifs is 1. The van der Waals surface area contributed by atoms with Gasteiger partial charge in [-0.2, -0.15) is 4.98 Å². The Morgan fingerprint density at radius 3 is 2.95 bits per heavy atom. The molecule has 0 unspecified atom stereocenters. The molecule has 2 fully saturated rings. The molecular weight excluding hydrogens is 272 g/mol. The highest BCUT2D eigenvalue weighted by Crippen LogP contribution is 2.39. The van der Waals surface area contributed by atoms with Gasteiger partial charge in [-0.25, -0.2) is 4.98 Å². The zero-order valence-corrected chi connectivity index (χ0v) is 12.9. The first kappa shape index (κ1) is 13.9. The third-order valence-electron chi connectivity index (χ3n) is 4.58. The topological polar surface area (TPSA) is 41.1 Å². The summed E-state index contributed by atoms with van der Waals surface area (Å²) in [6.07, 6.45) is 9.71. The molecular formula is C15H23ClN4. The Bertz CT molecular complexity index is 463. The number of piperidine rings is 1. The zero-order valence-electron chi connectivity index (χ0n) is 12.1. The van der Waals surface area contributed by atoms with Gasteiger partial charge in [-0.15, -0.1) is 0 Å². The fraction of sp³-hybridized carbons (Fsp3) is 0.733. The molecule has 1 aromatic rings. The summed E-state index contributed by atoms with van der Waals surface area (Å²) in [7, 11) is 0. The minimum atomic E-state index is 0.624. The van der Waals surface area contributed by atoms with E-state index in [0.717, 1.165) is 24.8 Å². The first-order chi connectivity index (χ1) is 9.79. The predicted molar refractivity (Wildman–Crippen MR) is 83.5 cm³/mol. The number of anilines is 2. The Hall–Kier alpha value is -1.03. The Morgan fingerprint density at radius 1 is 1.30 bits per heavy atom. The van der Waals surface area contributed by atoms with Crippen LogP contribution in [-0.4, -0.2) is 29.1 Å². The summed E-state index contributed by atoms with van der Waals surface area (Å²) in [5, 5.41) is 3.86. The molecule has 1 N–H and O–H groups in total. The van der Waals surface area contributed by atoms with E-state index in [1.807, 2.05) is 0 Å². The van der Waals surface area contributed by atoms with Crippen LogP contribution >= 0.6 is 11.6 Å². The van der Waals surface area contributed by atoms with Gasteiger partial charge >= 0.3 is 0 Å². The van der Waals surface area contributed by atoms with Crippen molar-refractivity contribution in [3.05, 3.63) is 11.2 Å². The molecule has 3 rings (SSSR count). The molecule has 2 atom stereocenters. The molecule has 20 heavy (non-hydrogen) atoms. The largest absolute Gasteiger partial charge is 0.354 e. The van der Waals surface area contributed by atoms with Crippen LogP contribution in [0.4, 0.5) is 11.8 Å². The number of hydrogen-bond acceptors (Lipinski definition) is 4. The van der Waals surface area contributed by atoms with Crippen molar-refractivity contribution in [1.29, 1.82) is 0 Å². The van der Waals surface area contributed by atoms with Crippen LogP contribution in [0, 0.1) is 5.92 Å². The van der Waals surface area contributed by atoms with E-state index in [1.54, 1.807) is 6.20 Å². The van der Waals surface area contributed by atoms with Crippen molar-refractivity contribution in [3.63, 3.8) is 0 Å². The van der Waals surface area contributed by atoms with E-state index in [1.165, 1.54) is 38.5 Å². The van der Waals surface area contributed by atoms with Gasteiger partial charge in [0.25, 0.3) is 0 Å². The molecule has 2 heterocycles. The minimum Gasteiger partial charge on any atom is -0.354 e. The molecule has 1 saturated carbocycles. The maximum Gasteiger partial charge on any atom is 0.224 e. The van der Waals surface area contributed by atoms with E-state index >= 15 is 0 Å². The van der Waals surface area contributed by atoms with Gasteiger partial charge in [0.2, 0.25) is 5.95 Å². The summed E-state index contributed by atoms with van der Waals surface area (Å²) < 4.78 is 0. The highest BCUT2D eigenvalue weighted by atomic mass is 35.5. The lowest BCUT2D eigenvalue weighted by Crippen LogP contribution is -2.47. The third kappa shape index (κ3) is 2.71. The molecule has 1 aliphatic carbocycles. The lowest BCUT2D eigenvalue weighted by molar-refractivity contribution is 0.243. The maximum absolute atomic E-state index is 6.37. The molecule has 5 heteroatoms. The quantitative estimate of drug-likeness (QED) is 0.922. The van der Waals surface area contributed by atoms with Gasteiger partial charge in [-0.1, -0.05) is 24.4 Å². The molecule has 1 saturated heterocycles. The standard InChI is InChI=1S/C15H23ClN4/c1-2-17-15-18-10-12(16)14(19-15)20-9-5-7-11-6-3-4-8-13(11)20/h10-11,13H,2-9H2,1H3,(H,17,18,19)/t11-,13-/m1/s1.